The molecular formula is C27H34. The summed E-state index contributed by atoms with van der Waals surface area (Å²) in [5.41, 5.74) is 9.72. The summed E-state index contributed by atoms with van der Waals surface area (Å²) >= 11 is 0. The van der Waals surface area contributed by atoms with Gasteiger partial charge in [0.15, 0.2) is 0 Å². The highest BCUT2D eigenvalue weighted by Gasteiger charge is 2.37. The van der Waals surface area contributed by atoms with Gasteiger partial charge in [-0.3, -0.25) is 0 Å². The first-order valence-electron chi connectivity index (χ1n) is 10.8. The molecule has 0 radical (unpaired) electrons. The SMILES string of the molecule is CCCC1(CC2=Cc3c(cccc3-c3ccccc3C(C)(C)C)C2)CCC1. The third-order valence-electron chi connectivity index (χ3n) is 6.78. The van der Waals surface area contributed by atoms with Gasteiger partial charge < -0.3 is 0 Å². The van der Waals surface area contributed by atoms with Crippen LogP contribution < -0.4 is 0 Å². The van der Waals surface area contributed by atoms with Crippen LogP contribution in [0.2, 0.25) is 0 Å². The molecule has 0 heterocycles. The maximum Gasteiger partial charge on any atom is -0.00574 e. The molecule has 2 aromatic rings. The van der Waals surface area contributed by atoms with Crippen molar-refractivity contribution in [2.45, 2.75) is 78.1 Å². The van der Waals surface area contributed by atoms with Crippen LogP contribution in [0.25, 0.3) is 17.2 Å². The van der Waals surface area contributed by atoms with Gasteiger partial charge in [-0.2, -0.15) is 0 Å². The van der Waals surface area contributed by atoms with E-state index in [9.17, 15) is 0 Å². The summed E-state index contributed by atoms with van der Waals surface area (Å²) < 4.78 is 0. The smallest absolute Gasteiger partial charge is 0.00574 e. The Morgan fingerprint density at radius 3 is 2.33 bits per heavy atom. The molecule has 4 rings (SSSR count). The lowest BCUT2D eigenvalue weighted by atomic mass is 9.63. The molecule has 0 atom stereocenters. The van der Waals surface area contributed by atoms with Gasteiger partial charge in [0.25, 0.3) is 0 Å². The van der Waals surface area contributed by atoms with Crippen molar-refractivity contribution in [2.24, 2.45) is 5.41 Å². The minimum atomic E-state index is 0.154. The lowest BCUT2D eigenvalue weighted by Crippen LogP contribution is -2.29. The van der Waals surface area contributed by atoms with Gasteiger partial charge >= 0.3 is 0 Å². The first-order valence-corrected chi connectivity index (χ1v) is 10.8. The minimum Gasteiger partial charge on any atom is -0.0654 e. The maximum atomic E-state index is 2.54. The van der Waals surface area contributed by atoms with E-state index in [1.54, 1.807) is 5.57 Å². The fourth-order valence-electron chi connectivity index (χ4n) is 5.36. The predicted octanol–water partition coefficient (Wildman–Crippen LogP) is 7.95. The topological polar surface area (TPSA) is 0 Å². The lowest BCUT2D eigenvalue weighted by Gasteiger charge is -2.42. The highest BCUT2D eigenvalue weighted by Crippen LogP contribution is 2.51. The van der Waals surface area contributed by atoms with Crippen LogP contribution in [0.3, 0.4) is 0 Å². The molecule has 1 saturated carbocycles. The fraction of sp³-hybridized carbons (Fsp3) is 0.481. The first kappa shape index (κ1) is 18.5. The summed E-state index contributed by atoms with van der Waals surface area (Å²) in [7, 11) is 0. The maximum absolute atomic E-state index is 2.54. The zero-order valence-electron chi connectivity index (χ0n) is 17.6. The quantitative estimate of drug-likeness (QED) is 0.508. The van der Waals surface area contributed by atoms with E-state index in [0.29, 0.717) is 5.41 Å². The van der Waals surface area contributed by atoms with E-state index in [2.05, 4.69) is 76.2 Å². The molecule has 0 saturated heterocycles. The Labute approximate surface area is 165 Å². The van der Waals surface area contributed by atoms with Crippen molar-refractivity contribution < 1.29 is 0 Å². The summed E-state index contributed by atoms with van der Waals surface area (Å²) in [6, 6.07) is 15.9. The Bertz CT molecular complexity index is 856. The van der Waals surface area contributed by atoms with E-state index in [0.717, 1.165) is 6.42 Å². The molecular weight excluding hydrogens is 324 g/mol. The van der Waals surface area contributed by atoms with Crippen LogP contribution in [0.1, 0.15) is 82.9 Å². The Balaban J connectivity index is 1.71. The number of benzene rings is 2. The van der Waals surface area contributed by atoms with Crippen molar-refractivity contribution in [3.05, 3.63) is 64.7 Å². The molecule has 0 aromatic heterocycles. The summed E-state index contributed by atoms with van der Waals surface area (Å²) in [5.74, 6) is 0. The van der Waals surface area contributed by atoms with E-state index in [4.69, 9.17) is 0 Å². The van der Waals surface area contributed by atoms with Crippen molar-refractivity contribution in [1.29, 1.82) is 0 Å². The molecule has 0 bridgehead atoms. The largest absolute Gasteiger partial charge is 0.0654 e. The van der Waals surface area contributed by atoms with E-state index >= 15 is 0 Å². The van der Waals surface area contributed by atoms with Crippen molar-refractivity contribution in [2.75, 3.05) is 0 Å². The van der Waals surface area contributed by atoms with Crippen LogP contribution in [0, 0.1) is 5.41 Å². The van der Waals surface area contributed by atoms with Crippen molar-refractivity contribution >= 4 is 6.08 Å². The monoisotopic (exact) mass is 358 g/mol. The molecule has 0 amide bonds. The van der Waals surface area contributed by atoms with Crippen molar-refractivity contribution in [3.63, 3.8) is 0 Å². The van der Waals surface area contributed by atoms with Crippen molar-refractivity contribution in [1.82, 2.24) is 0 Å². The highest BCUT2D eigenvalue weighted by atomic mass is 14.4. The molecule has 27 heavy (non-hydrogen) atoms. The van der Waals surface area contributed by atoms with E-state index in [-0.39, 0.29) is 5.41 Å². The van der Waals surface area contributed by atoms with Crippen LogP contribution in [-0.4, -0.2) is 0 Å². The molecule has 0 N–H and O–H groups in total. The normalized spacial score (nSPS) is 18.0. The number of allylic oxidation sites excluding steroid dienone is 1. The van der Waals surface area contributed by atoms with Gasteiger partial charge in [-0.1, -0.05) is 94.7 Å². The Hall–Kier alpha value is -1.82. The Kier molecular flexibility index (Phi) is 4.78. The van der Waals surface area contributed by atoms with Crippen LogP contribution in [0.5, 0.6) is 0 Å². The Morgan fingerprint density at radius 2 is 1.67 bits per heavy atom. The lowest BCUT2D eigenvalue weighted by molar-refractivity contribution is 0.118. The molecule has 142 valence electrons. The molecule has 2 aromatic carbocycles. The van der Waals surface area contributed by atoms with Gasteiger partial charge in [-0.15, -0.1) is 0 Å². The third kappa shape index (κ3) is 3.51. The van der Waals surface area contributed by atoms with Gasteiger partial charge in [0, 0.05) is 0 Å². The zero-order chi connectivity index (χ0) is 19.1. The molecule has 1 fully saturated rings. The first-order chi connectivity index (χ1) is 12.9. The third-order valence-corrected chi connectivity index (χ3v) is 6.78. The second-order valence-corrected chi connectivity index (χ2v) is 9.93. The minimum absolute atomic E-state index is 0.154. The average molecular weight is 359 g/mol. The van der Waals surface area contributed by atoms with Crippen LogP contribution >= 0.6 is 0 Å². The standard InChI is InChI=1S/C27H34/c1-5-14-27(15-9-16-27)19-20-17-21-10-8-12-22(24(21)18-20)23-11-6-7-13-25(23)26(2,3)4/h6-8,10-13,18H,5,9,14-17,19H2,1-4H3. The van der Waals surface area contributed by atoms with Gasteiger partial charge in [0.05, 0.1) is 0 Å². The predicted molar refractivity (Wildman–Crippen MR) is 118 cm³/mol. The summed E-state index contributed by atoms with van der Waals surface area (Å²) in [6.45, 7) is 9.31. The van der Waals surface area contributed by atoms with E-state index < -0.39 is 0 Å². The molecule has 0 heteroatoms. The molecule has 0 aliphatic heterocycles. The van der Waals surface area contributed by atoms with Gasteiger partial charge in [0.2, 0.25) is 0 Å². The molecule has 2 aliphatic rings. The molecule has 2 aliphatic carbocycles. The fourth-order valence-corrected chi connectivity index (χ4v) is 5.36. The summed E-state index contributed by atoms with van der Waals surface area (Å²) in [5, 5.41) is 0. The van der Waals surface area contributed by atoms with E-state index in [1.807, 2.05) is 0 Å². The number of rotatable bonds is 5. The molecule has 0 unspecified atom stereocenters. The Morgan fingerprint density at radius 1 is 0.926 bits per heavy atom. The van der Waals surface area contributed by atoms with Crippen LogP contribution in [-0.2, 0) is 11.8 Å². The average Bonchev–Trinajstić information content (AvgIpc) is 3.01. The number of fused-ring (bicyclic) bond motifs is 1. The van der Waals surface area contributed by atoms with E-state index in [1.165, 1.54) is 66.3 Å². The summed E-state index contributed by atoms with van der Waals surface area (Å²) in [6.07, 6.45) is 12.1. The zero-order valence-corrected chi connectivity index (χ0v) is 17.6. The molecule has 0 nitrogen and oxygen atoms in total. The van der Waals surface area contributed by atoms with Gasteiger partial charge in [0.1, 0.15) is 0 Å². The number of hydrogen-bond acceptors (Lipinski definition) is 0. The van der Waals surface area contributed by atoms with Crippen molar-refractivity contribution in [3.8, 4) is 11.1 Å². The molecule has 0 spiro atoms. The highest BCUT2D eigenvalue weighted by molar-refractivity contribution is 5.82. The van der Waals surface area contributed by atoms with Crippen LogP contribution in [0.4, 0.5) is 0 Å². The van der Waals surface area contributed by atoms with Crippen LogP contribution in [0.15, 0.2) is 48.0 Å². The second kappa shape index (κ2) is 6.97. The van der Waals surface area contributed by atoms with Gasteiger partial charge in [-0.05, 0) is 70.8 Å². The van der Waals surface area contributed by atoms with Gasteiger partial charge in [-0.25, -0.2) is 0 Å². The number of hydrogen-bond donors (Lipinski definition) is 0. The summed E-state index contributed by atoms with van der Waals surface area (Å²) in [4.78, 5) is 0. The second-order valence-electron chi connectivity index (χ2n) is 9.93.